The fraction of sp³-hybridized carbons (Fsp3) is 0.345. The lowest BCUT2D eigenvalue weighted by molar-refractivity contribution is -0.136. The molecule has 0 saturated carbocycles. The molecule has 2 aliphatic rings. The zero-order valence-electron chi connectivity index (χ0n) is 22.2. The number of aromatic nitrogens is 1. The molecular weight excluding hydrogens is 518 g/mol. The number of amides is 3. The standard InChI is InChI=1S/C29H28F2N6O3/c1-16(2)9-24(36(3)26(38)23-12-20-21(31)10-18(30)11-22(20)33-23)27(39)37-15-29(13-19(37)14-32)28(40)34-25(35-29)17-7-5-4-6-8-17/h4-8,10-12,16,19,24,33H,9,13,15H2,1-3H3,(H,34,35,40)/t19-,24-,29+/m0/s1. The van der Waals surface area contributed by atoms with Crippen molar-refractivity contribution in [3.63, 3.8) is 0 Å². The molecule has 3 heterocycles. The van der Waals surface area contributed by atoms with Gasteiger partial charge in [-0.2, -0.15) is 5.26 Å². The van der Waals surface area contributed by atoms with E-state index in [9.17, 15) is 28.4 Å². The molecule has 40 heavy (non-hydrogen) atoms. The molecule has 0 radical (unpaired) electrons. The van der Waals surface area contributed by atoms with Crippen molar-refractivity contribution in [2.24, 2.45) is 10.9 Å². The van der Waals surface area contributed by atoms with Gasteiger partial charge < -0.3 is 20.1 Å². The number of carbonyl (C=O) groups excluding carboxylic acids is 3. The topological polar surface area (TPSA) is 122 Å². The van der Waals surface area contributed by atoms with Gasteiger partial charge in [-0.3, -0.25) is 14.4 Å². The van der Waals surface area contributed by atoms with E-state index < -0.39 is 41.1 Å². The number of nitriles is 1. The summed E-state index contributed by atoms with van der Waals surface area (Å²) in [4.78, 5) is 50.5. The molecule has 2 aromatic carbocycles. The molecule has 5 rings (SSSR count). The average molecular weight is 547 g/mol. The first-order valence-electron chi connectivity index (χ1n) is 12.9. The van der Waals surface area contributed by atoms with Crippen LogP contribution in [0.2, 0.25) is 0 Å². The molecule has 3 amide bonds. The number of nitrogens with one attached hydrogen (secondary N) is 2. The van der Waals surface area contributed by atoms with Crippen molar-refractivity contribution in [3.05, 3.63) is 71.4 Å². The Morgan fingerprint density at radius 2 is 1.95 bits per heavy atom. The second kappa shape index (κ2) is 10.2. The zero-order chi connectivity index (χ0) is 28.8. The summed E-state index contributed by atoms with van der Waals surface area (Å²) < 4.78 is 28.0. The van der Waals surface area contributed by atoms with Crippen molar-refractivity contribution in [2.45, 2.75) is 44.3 Å². The second-order valence-corrected chi connectivity index (χ2v) is 10.7. The number of fused-ring (bicyclic) bond motifs is 1. The third-order valence-electron chi connectivity index (χ3n) is 7.45. The molecule has 2 aliphatic heterocycles. The van der Waals surface area contributed by atoms with Gasteiger partial charge in [-0.05, 0) is 24.5 Å². The predicted octanol–water partition coefficient (Wildman–Crippen LogP) is 3.37. The molecule has 11 heteroatoms. The van der Waals surface area contributed by atoms with Gasteiger partial charge in [-0.15, -0.1) is 0 Å². The Bertz CT molecular complexity index is 1580. The number of halogens is 2. The lowest BCUT2D eigenvalue weighted by Crippen LogP contribution is -2.52. The lowest BCUT2D eigenvalue weighted by Gasteiger charge is -2.33. The fourth-order valence-electron chi connectivity index (χ4n) is 5.40. The van der Waals surface area contributed by atoms with Gasteiger partial charge >= 0.3 is 0 Å². The SMILES string of the molecule is CC(C)C[C@@H](C(=O)N1C[C@@]2(C[C@H]1C#N)N=C(c1ccccc1)NC2=O)N(C)C(=O)c1cc2c(F)cc(F)cc2[nH]1. The maximum atomic E-state index is 14.3. The molecule has 2 N–H and O–H groups in total. The quantitative estimate of drug-likeness (QED) is 0.492. The summed E-state index contributed by atoms with van der Waals surface area (Å²) in [5.41, 5.74) is -0.495. The first-order valence-corrected chi connectivity index (χ1v) is 12.9. The summed E-state index contributed by atoms with van der Waals surface area (Å²) in [6.45, 7) is 3.68. The molecule has 1 saturated heterocycles. The van der Waals surface area contributed by atoms with E-state index in [4.69, 9.17) is 0 Å². The number of likely N-dealkylation sites (N-methyl/N-ethyl adjacent to an activating group) is 1. The van der Waals surface area contributed by atoms with Crippen LogP contribution in [-0.4, -0.2) is 69.6 Å². The fourth-order valence-corrected chi connectivity index (χ4v) is 5.40. The monoisotopic (exact) mass is 546 g/mol. The molecule has 9 nitrogen and oxygen atoms in total. The average Bonchev–Trinajstić information content (AvgIpc) is 3.62. The molecule has 0 bridgehead atoms. The summed E-state index contributed by atoms with van der Waals surface area (Å²) in [5, 5.41) is 12.8. The highest BCUT2D eigenvalue weighted by atomic mass is 19.1. The van der Waals surface area contributed by atoms with Crippen molar-refractivity contribution < 1.29 is 23.2 Å². The highest BCUT2D eigenvalue weighted by Gasteiger charge is 2.55. The summed E-state index contributed by atoms with van der Waals surface area (Å²) in [5.74, 6) is -2.70. The van der Waals surface area contributed by atoms with Crippen molar-refractivity contribution in [1.82, 2.24) is 20.1 Å². The van der Waals surface area contributed by atoms with Gasteiger partial charge in [0.1, 0.15) is 35.2 Å². The number of hydrogen-bond donors (Lipinski definition) is 2. The van der Waals surface area contributed by atoms with E-state index in [0.717, 1.165) is 12.1 Å². The molecule has 1 aromatic heterocycles. The van der Waals surface area contributed by atoms with E-state index in [1.54, 1.807) is 12.1 Å². The molecule has 1 spiro atoms. The van der Waals surface area contributed by atoms with Gasteiger partial charge in [-0.1, -0.05) is 44.2 Å². The Labute approximate surface area is 229 Å². The van der Waals surface area contributed by atoms with E-state index in [0.29, 0.717) is 11.4 Å². The van der Waals surface area contributed by atoms with Crippen LogP contribution in [0.4, 0.5) is 8.78 Å². The largest absolute Gasteiger partial charge is 0.350 e. The van der Waals surface area contributed by atoms with Crippen LogP contribution in [0, 0.1) is 28.9 Å². The Hall–Kier alpha value is -4.59. The number of aliphatic imine (C=N–C) groups is 1. The summed E-state index contributed by atoms with van der Waals surface area (Å²) in [7, 11) is 1.46. The van der Waals surface area contributed by atoms with Gasteiger partial charge in [0.25, 0.3) is 11.8 Å². The highest BCUT2D eigenvalue weighted by Crippen LogP contribution is 2.35. The van der Waals surface area contributed by atoms with Gasteiger partial charge in [0.2, 0.25) is 5.91 Å². The number of hydrogen-bond acceptors (Lipinski definition) is 5. The van der Waals surface area contributed by atoms with E-state index in [1.807, 2.05) is 32.0 Å². The first-order chi connectivity index (χ1) is 19.0. The molecule has 206 valence electrons. The summed E-state index contributed by atoms with van der Waals surface area (Å²) in [6, 6.07) is 12.4. The number of rotatable bonds is 6. The minimum Gasteiger partial charge on any atom is -0.350 e. The highest BCUT2D eigenvalue weighted by molar-refractivity contribution is 6.15. The van der Waals surface area contributed by atoms with Crippen LogP contribution in [0.3, 0.4) is 0 Å². The predicted molar refractivity (Wildman–Crippen MR) is 143 cm³/mol. The Kier molecular flexibility index (Phi) is 6.87. The zero-order valence-corrected chi connectivity index (χ0v) is 22.2. The Balaban J connectivity index is 1.44. The Morgan fingerprint density at radius 1 is 1.23 bits per heavy atom. The molecule has 1 fully saturated rings. The van der Waals surface area contributed by atoms with Gasteiger partial charge in [0, 0.05) is 30.5 Å². The summed E-state index contributed by atoms with van der Waals surface area (Å²) >= 11 is 0. The third kappa shape index (κ3) is 4.70. The molecule has 3 atom stereocenters. The van der Waals surface area contributed by atoms with Crippen molar-refractivity contribution in [2.75, 3.05) is 13.6 Å². The minimum absolute atomic E-state index is 0.00645. The van der Waals surface area contributed by atoms with E-state index in [2.05, 4.69) is 21.4 Å². The second-order valence-electron chi connectivity index (χ2n) is 10.7. The smallest absolute Gasteiger partial charge is 0.270 e. The van der Waals surface area contributed by atoms with Crippen molar-refractivity contribution in [3.8, 4) is 6.07 Å². The number of aromatic amines is 1. The number of H-pyrrole nitrogens is 1. The van der Waals surface area contributed by atoms with Gasteiger partial charge in [0.15, 0.2) is 5.54 Å². The van der Waals surface area contributed by atoms with Gasteiger partial charge in [0.05, 0.1) is 18.1 Å². The minimum atomic E-state index is -1.31. The van der Waals surface area contributed by atoms with Crippen molar-refractivity contribution >= 4 is 34.5 Å². The lowest BCUT2D eigenvalue weighted by atomic mass is 9.97. The Morgan fingerprint density at radius 3 is 2.62 bits per heavy atom. The van der Waals surface area contributed by atoms with Crippen LogP contribution in [0.25, 0.3) is 10.9 Å². The van der Waals surface area contributed by atoms with Crippen LogP contribution in [0.1, 0.15) is 42.7 Å². The number of nitrogens with zero attached hydrogens (tertiary/aromatic N) is 4. The van der Waals surface area contributed by atoms with Crippen LogP contribution in [0.15, 0.2) is 53.5 Å². The van der Waals surface area contributed by atoms with Crippen LogP contribution in [-0.2, 0) is 9.59 Å². The van der Waals surface area contributed by atoms with E-state index >= 15 is 0 Å². The van der Waals surface area contributed by atoms with E-state index in [-0.39, 0.29) is 47.8 Å². The van der Waals surface area contributed by atoms with Gasteiger partial charge in [-0.25, -0.2) is 13.8 Å². The maximum Gasteiger partial charge on any atom is 0.270 e. The maximum absolute atomic E-state index is 14.3. The number of amidine groups is 1. The molecular formula is C29H28F2N6O3. The summed E-state index contributed by atoms with van der Waals surface area (Å²) in [6.07, 6.45) is 0.299. The normalized spacial score (nSPS) is 21.0. The van der Waals surface area contributed by atoms with E-state index in [1.165, 1.54) is 22.9 Å². The molecule has 0 unspecified atom stereocenters. The van der Waals surface area contributed by atoms with Crippen LogP contribution < -0.4 is 5.32 Å². The van der Waals surface area contributed by atoms with Crippen molar-refractivity contribution in [1.29, 1.82) is 5.26 Å². The third-order valence-corrected chi connectivity index (χ3v) is 7.45. The molecule has 0 aliphatic carbocycles. The van der Waals surface area contributed by atoms with Crippen LogP contribution in [0.5, 0.6) is 0 Å². The molecule has 3 aromatic rings. The number of carbonyl (C=O) groups is 3. The first kappa shape index (κ1) is 27.0. The van der Waals surface area contributed by atoms with Crippen LogP contribution >= 0.6 is 0 Å². The number of likely N-dealkylation sites (tertiary alicyclic amines) is 1. The number of benzene rings is 2.